The van der Waals surface area contributed by atoms with Crippen LogP contribution in [0, 0.1) is 11.3 Å². The topological polar surface area (TPSA) is 99.9 Å². The average molecular weight is 358 g/mol. The third-order valence-electron chi connectivity index (χ3n) is 2.93. The summed E-state index contributed by atoms with van der Waals surface area (Å²) in [7, 11) is 0. The van der Waals surface area contributed by atoms with E-state index in [0.717, 1.165) is 5.57 Å². The molecule has 1 aromatic heterocycles. The first kappa shape index (κ1) is 18.2. The van der Waals surface area contributed by atoms with Crippen LogP contribution in [0.15, 0.2) is 42.2 Å². The molecule has 2 aromatic rings. The monoisotopic (exact) mass is 357 g/mol. The van der Waals surface area contributed by atoms with Crippen molar-refractivity contribution >= 4 is 29.1 Å². The third-order valence-corrected chi connectivity index (χ3v) is 3.16. The number of hydrogen-bond acceptors (Lipinski definition) is 5. The molecule has 2 N–H and O–H groups in total. The van der Waals surface area contributed by atoms with Crippen LogP contribution in [0.2, 0.25) is 5.02 Å². The number of aromatic nitrogens is 2. The fourth-order valence-corrected chi connectivity index (χ4v) is 1.92. The lowest BCUT2D eigenvalue weighted by Gasteiger charge is -2.12. The molecule has 0 aliphatic rings. The Morgan fingerprint density at radius 2 is 2.12 bits per heavy atom. The molecule has 0 spiro atoms. The molecule has 2 amide bonds. The van der Waals surface area contributed by atoms with Gasteiger partial charge in [-0.1, -0.05) is 17.2 Å². The van der Waals surface area contributed by atoms with E-state index in [1.807, 2.05) is 26.0 Å². The van der Waals surface area contributed by atoms with E-state index in [4.69, 9.17) is 21.6 Å². The van der Waals surface area contributed by atoms with E-state index in [1.54, 1.807) is 18.2 Å². The van der Waals surface area contributed by atoms with Crippen LogP contribution in [-0.4, -0.2) is 22.6 Å². The Bertz CT molecular complexity index is 824. The van der Waals surface area contributed by atoms with E-state index < -0.39 is 6.03 Å². The molecule has 8 heteroatoms. The first-order valence-electron chi connectivity index (χ1n) is 7.34. The van der Waals surface area contributed by atoms with Gasteiger partial charge in [0.05, 0.1) is 18.1 Å². The second-order valence-corrected chi connectivity index (χ2v) is 5.65. The molecule has 0 bridgehead atoms. The lowest BCUT2D eigenvalue weighted by molar-refractivity contribution is 0.262. The molecule has 128 valence electrons. The zero-order chi connectivity index (χ0) is 18.2. The second kappa shape index (κ2) is 8.66. The molecule has 1 heterocycles. The number of anilines is 2. The SMILES string of the molecule is CC(C)=CCOc1ccc(Cl)cc1NC(=O)Nc1cnc(C#N)cn1. The van der Waals surface area contributed by atoms with Crippen LogP contribution in [0.4, 0.5) is 16.3 Å². The van der Waals surface area contributed by atoms with E-state index in [9.17, 15) is 4.79 Å². The molecule has 1 aromatic carbocycles. The fourth-order valence-electron chi connectivity index (χ4n) is 1.74. The molecular weight excluding hydrogens is 342 g/mol. The summed E-state index contributed by atoms with van der Waals surface area (Å²) < 4.78 is 5.64. The van der Waals surface area contributed by atoms with Gasteiger partial charge < -0.3 is 10.1 Å². The molecule has 0 atom stereocenters. The highest BCUT2D eigenvalue weighted by molar-refractivity contribution is 6.31. The van der Waals surface area contributed by atoms with E-state index in [-0.39, 0.29) is 11.5 Å². The van der Waals surface area contributed by atoms with Crippen LogP contribution in [0.3, 0.4) is 0 Å². The van der Waals surface area contributed by atoms with Gasteiger partial charge in [0, 0.05) is 5.02 Å². The number of rotatable bonds is 5. The summed E-state index contributed by atoms with van der Waals surface area (Å²) in [6.07, 6.45) is 4.48. The van der Waals surface area contributed by atoms with Crippen molar-refractivity contribution < 1.29 is 9.53 Å². The summed E-state index contributed by atoms with van der Waals surface area (Å²) in [4.78, 5) is 19.9. The predicted octanol–water partition coefficient (Wildman–Crippen LogP) is 3.99. The molecule has 0 unspecified atom stereocenters. The van der Waals surface area contributed by atoms with Crippen LogP contribution in [0.1, 0.15) is 19.5 Å². The van der Waals surface area contributed by atoms with E-state index in [1.165, 1.54) is 12.4 Å². The number of nitrogens with zero attached hydrogens (tertiary/aromatic N) is 3. The van der Waals surface area contributed by atoms with Crippen LogP contribution in [0.25, 0.3) is 0 Å². The Hall–Kier alpha value is -3.11. The number of urea groups is 1. The highest BCUT2D eigenvalue weighted by Crippen LogP contribution is 2.28. The number of hydrogen-bond donors (Lipinski definition) is 2. The van der Waals surface area contributed by atoms with E-state index in [2.05, 4.69) is 20.6 Å². The second-order valence-electron chi connectivity index (χ2n) is 5.21. The maximum absolute atomic E-state index is 12.1. The summed E-state index contributed by atoms with van der Waals surface area (Å²) in [5.74, 6) is 0.702. The normalized spacial score (nSPS) is 9.68. The van der Waals surface area contributed by atoms with Gasteiger partial charge in [-0.2, -0.15) is 5.26 Å². The highest BCUT2D eigenvalue weighted by atomic mass is 35.5. The number of allylic oxidation sites excluding steroid dienone is 1. The van der Waals surface area contributed by atoms with E-state index in [0.29, 0.717) is 23.1 Å². The molecule has 0 saturated carbocycles. The van der Waals surface area contributed by atoms with Crippen LogP contribution >= 0.6 is 11.6 Å². The van der Waals surface area contributed by atoms with Crippen molar-refractivity contribution in [2.75, 3.05) is 17.2 Å². The minimum atomic E-state index is -0.534. The summed E-state index contributed by atoms with van der Waals surface area (Å²) in [6, 6.07) is 6.26. The maximum Gasteiger partial charge on any atom is 0.325 e. The van der Waals surface area contributed by atoms with Gasteiger partial charge in [0.15, 0.2) is 11.5 Å². The summed E-state index contributed by atoms with van der Waals surface area (Å²) >= 11 is 5.99. The van der Waals surface area contributed by atoms with Crippen molar-refractivity contribution in [3.63, 3.8) is 0 Å². The minimum Gasteiger partial charge on any atom is -0.487 e. The molecular formula is C17H16ClN5O2. The van der Waals surface area contributed by atoms with Gasteiger partial charge in [-0.3, -0.25) is 5.32 Å². The number of nitriles is 1. The Balaban J connectivity index is 2.06. The Morgan fingerprint density at radius 1 is 1.32 bits per heavy atom. The van der Waals surface area contributed by atoms with Gasteiger partial charge >= 0.3 is 6.03 Å². The lowest BCUT2D eigenvalue weighted by Crippen LogP contribution is -2.20. The number of halogens is 1. The Labute approximate surface area is 150 Å². The quantitative estimate of drug-likeness (QED) is 0.788. The number of carbonyl (C=O) groups is 1. The number of ether oxygens (including phenoxy) is 1. The summed E-state index contributed by atoms with van der Waals surface area (Å²) in [5, 5.41) is 14.3. The van der Waals surface area contributed by atoms with Crippen LogP contribution in [0.5, 0.6) is 5.75 Å². The highest BCUT2D eigenvalue weighted by Gasteiger charge is 2.10. The van der Waals surface area contributed by atoms with Crippen molar-refractivity contribution in [2.45, 2.75) is 13.8 Å². The Kier molecular flexibility index (Phi) is 6.32. The summed E-state index contributed by atoms with van der Waals surface area (Å²) in [6.45, 7) is 4.31. The van der Waals surface area contributed by atoms with Gasteiger partial charge in [-0.15, -0.1) is 0 Å². The first-order chi connectivity index (χ1) is 12.0. The minimum absolute atomic E-state index is 0.163. The van der Waals surface area contributed by atoms with E-state index >= 15 is 0 Å². The van der Waals surface area contributed by atoms with Crippen molar-refractivity contribution in [3.05, 3.63) is 53.0 Å². The first-order valence-corrected chi connectivity index (χ1v) is 7.71. The van der Waals surface area contributed by atoms with Crippen molar-refractivity contribution in [3.8, 4) is 11.8 Å². The molecule has 0 aliphatic heterocycles. The zero-order valence-corrected chi connectivity index (χ0v) is 14.5. The molecule has 2 rings (SSSR count). The van der Waals surface area contributed by atoms with Crippen molar-refractivity contribution in [1.29, 1.82) is 5.26 Å². The van der Waals surface area contributed by atoms with Crippen molar-refractivity contribution in [1.82, 2.24) is 9.97 Å². The van der Waals surface area contributed by atoms with Crippen molar-refractivity contribution in [2.24, 2.45) is 0 Å². The van der Waals surface area contributed by atoms with Gasteiger partial charge in [-0.05, 0) is 38.1 Å². The number of carbonyl (C=O) groups excluding carboxylic acids is 1. The fraction of sp³-hybridized carbons (Fsp3) is 0.176. The molecule has 7 nitrogen and oxygen atoms in total. The number of benzene rings is 1. The predicted molar refractivity (Wildman–Crippen MR) is 95.8 cm³/mol. The molecule has 0 radical (unpaired) electrons. The van der Waals surface area contributed by atoms with Gasteiger partial charge in [0.1, 0.15) is 18.4 Å². The Morgan fingerprint density at radius 3 is 2.76 bits per heavy atom. The third kappa shape index (κ3) is 5.79. The van der Waals surface area contributed by atoms with Crippen LogP contribution < -0.4 is 15.4 Å². The maximum atomic E-state index is 12.1. The van der Waals surface area contributed by atoms with Gasteiger partial charge in [0.25, 0.3) is 0 Å². The van der Waals surface area contributed by atoms with Gasteiger partial charge in [-0.25, -0.2) is 14.8 Å². The zero-order valence-electron chi connectivity index (χ0n) is 13.7. The molecule has 0 saturated heterocycles. The molecule has 0 aliphatic carbocycles. The van der Waals surface area contributed by atoms with Crippen LogP contribution in [-0.2, 0) is 0 Å². The number of amides is 2. The standard InChI is InChI=1S/C17H16ClN5O2/c1-11(2)5-6-25-15-4-3-12(18)7-14(15)22-17(24)23-16-10-20-13(8-19)9-21-16/h3-5,7,9-10H,6H2,1-2H3,(H2,21,22,23,24). The average Bonchev–Trinajstić information content (AvgIpc) is 2.57. The lowest BCUT2D eigenvalue weighted by atomic mass is 10.3. The molecule has 25 heavy (non-hydrogen) atoms. The summed E-state index contributed by atoms with van der Waals surface area (Å²) in [5.41, 5.74) is 1.71. The largest absolute Gasteiger partial charge is 0.487 e. The number of nitrogens with one attached hydrogen (secondary N) is 2. The molecule has 0 fully saturated rings. The smallest absolute Gasteiger partial charge is 0.325 e. The van der Waals surface area contributed by atoms with Gasteiger partial charge in [0.2, 0.25) is 0 Å².